The third-order valence-corrected chi connectivity index (χ3v) is 3.64. The zero-order chi connectivity index (χ0) is 15.9. The molecule has 0 atom stereocenters. The smallest absolute Gasteiger partial charge is 0.305 e. The summed E-state index contributed by atoms with van der Waals surface area (Å²) in [7, 11) is 1.39. The molecule has 0 aliphatic rings. The molecule has 0 aliphatic carbocycles. The zero-order valence-electron chi connectivity index (χ0n) is 12.8. The van der Waals surface area contributed by atoms with Gasteiger partial charge in [-0.25, -0.2) is 0 Å². The van der Waals surface area contributed by atoms with Crippen LogP contribution in [0, 0.1) is 6.92 Å². The average molecular weight is 319 g/mol. The van der Waals surface area contributed by atoms with Crippen molar-refractivity contribution in [1.82, 2.24) is 0 Å². The van der Waals surface area contributed by atoms with E-state index in [9.17, 15) is 4.79 Å². The summed E-state index contributed by atoms with van der Waals surface area (Å²) >= 11 is 6.31. The lowest BCUT2D eigenvalue weighted by Gasteiger charge is -2.13. The second kappa shape index (κ2) is 7.85. The lowest BCUT2D eigenvalue weighted by Crippen LogP contribution is -2.03. The van der Waals surface area contributed by atoms with Crippen LogP contribution in [-0.4, -0.2) is 13.1 Å². The van der Waals surface area contributed by atoms with Crippen molar-refractivity contribution in [3.05, 3.63) is 64.2 Å². The molecule has 116 valence electrons. The van der Waals surface area contributed by atoms with Gasteiger partial charge < -0.3 is 9.47 Å². The Balaban J connectivity index is 2.05. The maximum Gasteiger partial charge on any atom is 0.305 e. The molecule has 0 bridgehead atoms. The molecule has 0 unspecified atom stereocenters. The van der Waals surface area contributed by atoms with Gasteiger partial charge in [-0.15, -0.1) is 0 Å². The highest BCUT2D eigenvalue weighted by Crippen LogP contribution is 2.31. The van der Waals surface area contributed by atoms with E-state index in [2.05, 4.69) is 4.74 Å². The van der Waals surface area contributed by atoms with Crippen LogP contribution >= 0.6 is 11.6 Å². The zero-order valence-corrected chi connectivity index (χ0v) is 13.5. The summed E-state index contributed by atoms with van der Waals surface area (Å²) in [4.78, 5) is 11.2. The number of esters is 1. The molecule has 2 aromatic carbocycles. The number of methoxy groups -OCH3 is 1. The van der Waals surface area contributed by atoms with E-state index in [1.54, 1.807) is 0 Å². The number of hydrogen-bond donors (Lipinski definition) is 0. The molecule has 3 nitrogen and oxygen atoms in total. The summed E-state index contributed by atoms with van der Waals surface area (Å²) in [6.45, 7) is 2.43. The quantitative estimate of drug-likeness (QED) is 0.743. The van der Waals surface area contributed by atoms with Gasteiger partial charge in [-0.2, -0.15) is 0 Å². The molecule has 0 aromatic heterocycles. The van der Waals surface area contributed by atoms with Gasteiger partial charge in [0.05, 0.1) is 12.1 Å². The maximum atomic E-state index is 11.2. The maximum absolute atomic E-state index is 11.2. The Morgan fingerprint density at radius 3 is 2.50 bits per heavy atom. The van der Waals surface area contributed by atoms with Crippen LogP contribution in [0.4, 0.5) is 0 Å². The normalized spacial score (nSPS) is 10.3. The number of ether oxygens (including phenoxy) is 2. The summed E-state index contributed by atoms with van der Waals surface area (Å²) < 4.78 is 10.5. The predicted molar refractivity (Wildman–Crippen MR) is 87.3 cm³/mol. The van der Waals surface area contributed by atoms with Crippen molar-refractivity contribution >= 4 is 17.6 Å². The summed E-state index contributed by atoms with van der Waals surface area (Å²) in [5.74, 6) is 0.463. The van der Waals surface area contributed by atoms with E-state index < -0.39 is 0 Å². The minimum atomic E-state index is -0.224. The fraction of sp³-hybridized carbons (Fsp3) is 0.278. The molecule has 2 aromatic rings. The van der Waals surface area contributed by atoms with Crippen LogP contribution in [0.5, 0.6) is 5.75 Å². The molecule has 0 amide bonds. The second-order valence-corrected chi connectivity index (χ2v) is 5.48. The summed E-state index contributed by atoms with van der Waals surface area (Å²) in [6.07, 6.45) is 0.947. The van der Waals surface area contributed by atoms with Crippen molar-refractivity contribution in [2.24, 2.45) is 0 Å². The van der Waals surface area contributed by atoms with Crippen molar-refractivity contribution in [2.75, 3.05) is 7.11 Å². The summed E-state index contributed by atoms with van der Waals surface area (Å²) in [5.41, 5.74) is 3.05. The molecule has 0 aliphatic heterocycles. The number of aryl methyl sites for hydroxylation is 2. The lowest BCUT2D eigenvalue weighted by atomic mass is 10.1. The van der Waals surface area contributed by atoms with E-state index in [0.29, 0.717) is 30.2 Å². The number of benzene rings is 2. The Morgan fingerprint density at radius 1 is 1.14 bits per heavy atom. The Labute approximate surface area is 135 Å². The van der Waals surface area contributed by atoms with Crippen molar-refractivity contribution in [1.29, 1.82) is 0 Å². The Bertz CT molecular complexity index is 615. The van der Waals surface area contributed by atoms with E-state index in [1.807, 2.05) is 49.4 Å². The largest absolute Gasteiger partial charge is 0.487 e. The highest BCUT2D eigenvalue weighted by Gasteiger charge is 2.10. The SMILES string of the molecule is COC(=O)CCc1cc(C)c(OCc2ccccc2)c(Cl)c1. The standard InChI is InChI=1S/C18H19ClO3/c1-13-10-15(8-9-17(20)21-2)11-16(19)18(13)22-12-14-6-4-3-5-7-14/h3-7,10-11H,8-9,12H2,1-2H3. The van der Waals surface area contributed by atoms with Crippen LogP contribution < -0.4 is 4.74 Å². The van der Waals surface area contributed by atoms with Crippen molar-refractivity contribution in [3.63, 3.8) is 0 Å². The van der Waals surface area contributed by atoms with Crippen LogP contribution in [-0.2, 0) is 22.6 Å². The van der Waals surface area contributed by atoms with Crippen LogP contribution in [0.1, 0.15) is 23.1 Å². The molecule has 0 N–H and O–H groups in total. The van der Waals surface area contributed by atoms with Crippen LogP contribution in [0.25, 0.3) is 0 Å². The molecule has 4 heteroatoms. The highest BCUT2D eigenvalue weighted by atomic mass is 35.5. The van der Waals surface area contributed by atoms with Crippen LogP contribution in [0.3, 0.4) is 0 Å². The number of rotatable bonds is 6. The van der Waals surface area contributed by atoms with Gasteiger partial charge in [0.25, 0.3) is 0 Å². The van der Waals surface area contributed by atoms with Crippen LogP contribution in [0.15, 0.2) is 42.5 Å². The number of carbonyl (C=O) groups is 1. The monoisotopic (exact) mass is 318 g/mol. The summed E-state index contributed by atoms with van der Waals surface area (Å²) in [5, 5.41) is 0.566. The lowest BCUT2D eigenvalue weighted by molar-refractivity contribution is -0.140. The Morgan fingerprint density at radius 2 is 1.86 bits per heavy atom. The fourth-order valence-corrected chi connectivity index (χ4v) is 2.55. The Hall–Kier alpha value is -2.00. The number of carbonyl (C=O) groups excluding carboxylic acids is 1. The van der Waals surface area contributed by atoms with Crippen LogP contribution in [0.2, 0.25) is 5.02 Å². The molecular weight excluding hydrogens is 300 g/mol. The first-order valence-corrected chi connectivity index (χ1v) is 7.50. The van der Waals surface area contributed by atoms with E-state index in [-0.39, 0.29) is 5.97 Å². The molecule has 0 saturated heterocycles. The predicted octanol–water partition coefficient (Wildman–Crippen LogP) is 4.33. The molecule has 2 rings (SSSR count). The van der Waals surface area contributed by atoms with Gasteiger partial charge in [0.1, 0.15) is 12.4 Å². The molecule has 22 heavy (non-hydrogen) atoms. The van der Waals surface area contributed by atoms with Gasteiger partial charge in [-0.3, -0.25) is 4.79 Å². The minimum absolute atomic E-state index is 0.224. The molecule has 0 spiro atoms. The van der Waals surface area contributed by atoms with E-state index in [4.69, 9.17) is 16.3 Å². The van der Waals surface area contributed by atoms with E-state index in [0.717, 1.165) is 16.7 Å². The molecule has 0 radical (unpaired) electrons. The van der Waals surface area contributed by atoms with Crippen molar-refractivity contribution in [3.8, 4) is 5.75 Å². The first kappa shape index (κ1) is 16.4. The first-order chi connectivity index (χ1) is 10.6. The third-order valence-electron chi connectivity index (χ3n) is 3.36. The molecular formula is C18H19ClO3. The van der Waals surface area contributed by atoms with Crippen molar-refractivity contribution < 1.29 is 14.3 Å². The molecule has 0 fully saturated rings. The number of hydrogen-bond acceptors (Lipinski definition) is 3. The van der Waals surface area contributed by atoms with Gasteiger partial charge in [0.15, 0.2) is 0 Å². The fourth-order valence-electron chi connectivity index (χ4n) is 2.21. The van der Waals surface area contributed by atoms with E-state index >= 15 is 0 Å². The summed E-state index contributed by atoms with van der Waals surface area (Å²) in [6, 6.07) is 13.8. The molecule has 0 heterocycles. The second-order valence-electron chi connectivity index (χ2n) is 5.07. The van der Waals surface area contributed by atoms with Gasteiger partial charge in [0, 0.05) is 6.42 Å². The van der Waals surface area contributed by atoms with E-state index in [1.165, 1.54) is 7.11 Å². The third kappa shape index (κ3) is 4.50. The van der Waals surface area contributed by atoms with Gasteiger partial charge in [-0.1, -0.05) is 48.0 Å². The topological polar surface area (TPSA) is 35.5 Å². The molecule has 0 saturated carbocycles. The Kier molecular flexibility index (Phi) is 5.84. The minimum Gasteiger partial charge on any atom is -0.487 e. The van der Waals surface area contributed by atoms with Crippen molar-refractivity contribution in [2.45, 2.75) is 26.4 Å². The van der Waals surface area contributed by atoms with Gasteiger partial charge in [-0.05, 0) is 36.1 Å². The van der Waals surface area contributed by atoms with Gasteiger partial charge >= 0.3 is 5.97 Å². The number of halogens is 1. The van der Waals surface area contributed by atoms with Gasteiger partial charge in [0.2, 0.25) is 0 Å². The highest BCUT2D eigenvalue weighted by molar-refractivity contribution is 6.32. The first-order valence-electron chi connectivity index (χ1n) is 7.12. The average Bonchev–Trinajstić information content (AvgIpc) is 2.52.